The van der Waals surface area contributed by atoms with Crippen molar-refractivity contribution in [3.63, 3.8) is 0 Å². The minimum absolute atomic E-state index is 0.271. The molecule has 4 heteroatoms. The van der Waals surface area contributed by atoms with Crippen LogP contribution in [0.3, 0.4) is 0 Å². The van der Waals surface area contributed by atoms with Crippen LogP contribution in [-0.2, 0) is 5.60 Å². The summed E-state index contributed by atoms with van der Waals surface area (Å²) >= 11 is 0. The van der Waals surface area contributed by atoms with Gasteiger partial charge in [-0.25, -0.2) is 0 Å². The predicted molar refractivity (Wildman–Crippen MR) is 121 cm³/mol. The number of aliphatic hydroxyl groups excluding tert-OH is 1. The molecule has 0 aliphatic heterocycles. The van der Waals surface area contributed by atoms with Crippen LogP contribution in [0.25, 0.3) is 0 Å². The van der Waals surface area contributed by atoms with Gasteiger partial charge in [0.2, 0.25) is 0 Å². The van der Waals surface area contributed by atoms with Gasteiger partial charge in [0.1, 0.15) is 12.4 Å². The van der Waals surface area contributed by atoms with E-state index in [0.717, 1.165) is 37.5 Å². The normalized spacial score (nSPS) is 15.8. The van der Waals surface area contributed by atoms with Crippen molar-refractivity contribution in [3.05, 3.63) is 107 Å². The first-order valence-corrected chi connectivity index (χ1v) is 10.6. The van der Waals surface area contributed by atoms with E-state index in [1.54, 1.807) is 54.6 Å². The summed E-state index contributed by atoms with van der Waals surface area (Å²) in [5.41, 5.74) is 1.81. The van der Waals surface area contributed by atoms with Gasteiger partial charge in [-0.3, -0.25) is 9.59 Å². The summed E-state index contributed by atoms with van der Waals surface area (Å²) in [6.45, 7) is 0. The number of Topliss-reactive ketones (excluding diaryl/α,β-unsaturated/α-hetero) is 1. The van der Waals surface area contributed by atoms with Gasteiger partial charge in [-0.05, 0) is 24.0 Å². The summed E-state index contributed by atoms with van der Waals surface area (Å²) in [6, 6.07) is 25.1. The van der Waals surface area contributed by atoms with Crippen LogP contribution in [-0.4, -0.2) is 22.3 Å². The van der Waals surface area contributed by atoms with Crippen molar-refractivity contribution in [3.8, 4) is 0 Å². The molecule has 160 valence electrons. The Morgan fingerprint density at radius 1 is 0.806 bits per heavy atom. The molecule has 1 atom stereocenters. The zero-order valence-electron chi connectivity index (χ0n) is 17.5. The largest absolute Gasteiger partial charge is 0.385 e. The fourth-order valence-electron chi connectivity index (χ4n) is 3.98. The number of hydrogen-bond acceptors (Lipinski definition) is 4. The van der Waals surface area contributed by atoms with Crippen molar-refractivity contribution in [2.45, 2.75) is 43.8 Å². The van der Waals surface area contributed by atoms with Gasteiger partial charge in [0.15, 0.2) is 5.78 Å². The Balaban J connectivity index is 0.000000176. The number of aliphatic hydroxyl groups is 2. The maximum absolute atomic E-state index is 11.9. The second kappa shape index (κ2) is 10.8. The van der Waals surface area contributed by atoms with Crippen LogP contribution in [0.5, 0.6) is 0 Å². The molecule has 1 saturated carbocycles. The highest BCUT2D eigenvalue weighted by Gasteiger charge is 2.32. The molecule has 0 saturated heterocycles. The number of carbonyl (C=O) groups excluding carboxylic acids is 2. The van der Waals surface area contributed by atoms with Gasteiger partial charge >= 0.3 is 0 Å². The van der Waals surface area contributed by atoms with Gasteiger partial charge in [-0.15, -0.1) is 0 Å². The van der Waals surface area contributed by atoms with Crippen molar-refractivity contribution in [2.75, 3.05) is 0 Å². The van der Waals surface area contributed by atoms with E-state index in [4.69, 9.17) is 0 Å². The van der Waals surface area contributed by atoms with E-state index in [9.17, 15) is 19.8 Å². The predicted octanol–water partition coefficient (Wildman–Crippen LogP) is 5.25. The number of carbonyl (C=O) groups is 2. The van der Waals surface area contributed by atoms with Crippen LogP contribution in [0.15, 0.2) is 84.9 Å². The highest BCUT2D eigenvalue weighted by atomic mass is 16.3. The third-order valence-electron chi connectivity index (χ3n) is 5.69. The van der Waals surface area contributed by atoms with E-state index in [1.165, 1.54) is 6.42 Å². The highest BCUT2D eigenvalue weighted by molar-refractivity contribution is 5.99. The van der Waals surface area contributed by atoms with E-state index in [1.807, 2.05) is 30.3 Å². The number of aldehydes is 1. The summed E-state index contributed by atoms with van der Waals surface area (Å²) in [6.07, 6.45) is 4.58. The second-order valence-corrected chi connectivity index (χ2v) is 7.84. The van der Waals surface area contributed by atoms with Crippen LogP contribution >= 0.6 is 0 Å². The topological polar surface area (TPSA) is 74.6 Å². The molecule has 4 rings (SSSR count). The first-order valence-electron chi connectivity index (χ1n) is 10.6. The fraction of sp³-hybridized carbons (Fsp3) is 0.259. The molecule has 1 aliphatic rings. The van der Waals surface area contributed by atoms with Crippen LogP contribution < -0.4 is 0 Å². The Morgan fingerprint density at radius 2 is 1.35 bits per heavy atom. The third kappa shape index (κ3) is 5.75. The van der Waals surface area contributed by atoms with Gasteiger partial charge in [0.25, 0.3) is 0 Å². The van der Waals surface area contributed by atoms with E-state index in [0.29, 0.717) is 16.7 Å². The zero-order chi connectivity index (χ0) is 22.1. The maximum Gasteiger partial charge on any atom is 0.195 e. The SMILES string of the molecule is O=C(c1ccccc1)C(O)c1ccccc1.O=Cc1ccccc1C1(O)CCCCC1. The molecule has 1 unspecified atom stereocenters. The lowest BCUT2D eigenvalue weighted by Crippen LogP contribution is -2.29. The Labute approximate surface area is 183 Å². The molecule has 0 amide bonds. The van der Waals surface area contributed by atoms with E-state index in [-0.39, 0.29) is 5.78 Å². The number of rotatable bonds is 5. The Kier molecular flexibility index (Phi) is 7.88. The van der Waals surface area contributed by atoms with Crippen molar-refractivity contribution in [1.82, 2.24) is 0 Å². The monoisotopic (exact) mass is 416 g/mol. The first-order chi connectivity index (χ1) is 15.0. The van der Waals surface area contributed by atoms with E-state index in [2.05, 4.69) is 0 Å². The Morgan fingerprint density at radius 3 is 1.97 bits per heavy atom. The summed E-state index contributed by atoms with van der Waals surface area (Å²) < 4.78 is 0. The highest BCUT2D eigenvalue weighted by Crippen LogP contribution is 2.37. The van der Waals surface area contributed by atoms with Crippen LogP contribution in [0.2, 0.25) is 0 Å². The molecule has 0 heterocycles. The van der Waals surface area contributed by atoms with Crippen molar-refractivity contribution >= 4 is 12.1 Å². The molecule has 1 fully saturated rings. The first kappa shape index (κ1) is 22.6. The standard InChI is InChI=1S/C14H12O2.C13H16O2/c15-13(11-7-3-1-4-8-11)14(16)12-9-5-2-6-10-12;14-10-11-6-2-3-7-12(11)13(15)8-4-1-5-9-13/h1-10,13,15H;2-3,6-7,10,15H,1,4-5,8-9H2. The molecular formula is C27H28O4. The Bertz CT molecular complexity index is 976. The van der Waals surface area contributed by atoms with Crippen molar-refractivity contribution in [1.29, 1.82) is 0 Å². The fourth-order valence-corrected chi connectivity index (χ4v) is 3.98. The summed E-state index contributed by atoms with van der Waals surface area (Å²) in [5, 5.41) is 20.4. The van der Waals surface area contributed by atoms with Crippen molar-refractivity contribution < 1.29 is 19.8 Å². The molecular weight excluding hydrogens is 388 g/mol. The average Bonchev–Trinajstić information content (AvgIpc) is 2.85. The number of ketones is 1. The molecule has 0 bridgehead atoms. The van der Waals surface area contributed by atoms with Crippen LogP contribution in [0, 0.1) is 0 Å². The lowest BCUT2D eigenvalue weighted by atomic mass is 9.78. The smallest absolute Gasteiger partial charge is 0.195 e. The van der Waals surface area contributed by atoms with Crippen LogP contribution in [0.1, 0.15) is 70.1 Å². The lowest BCUT2D eigenvalue weighted by molar-refractivity contribution is -0.00114. The third-order valence-corrected chi connectivity index (χ3v) is 5.69. The maximum atomic E-state index is 11.9. The van der Waals surface area contributed by atoms with E-state index < -0.39 is 11.7 Å². The molecule has 1 aliphatic carbocycles. The van der Waals surface area contributed by atoms with Crippen molar-refractivity contribution in [2.24, 2.45) is 0 Å². The zero-order valence-corrected chi connectivity index (χ0v) is 17.5. The molecule has 31 heavy (non-hydrogen) atoms. The molecule has 0 spiro atoms. The van der Waals surface area contributed by atoms with Gasteiger partial charge in [0.05, 0.1) is 5.60 Å². The number of hydrogen-bond donors (Lipinski definition) is 2. The average molecular weight is 417 g/mol. The molecule has 2 N–H and O–H groups in total. The van der Waals surface area contributed by atoms with Gasteiger partial charge < -0.3 is 10.2 Å². The lowest BCUT2D eigenvalue weighted by Gasteiger charge is -2.33. The molecule has 3 aromatic rings. The quantitative estimate of drug-likeness (QED) is 0.440. The molecule has 4 nitrogen and oxygen atoms in total. The van der Waals surface area contributed by atoms with Gasteiger partial charge in [-0.1, -0.05) is 104 Å². The second-order valence-electron chi connectivity index (χ2n) is 7.84. The molecule has 3 aromatic carbocycles. The Hall–Kier alpha value is -3.08. The van der Waals surface area contributed by atoms with E-state index >= 15 is 0 Å². The summed E-state index contributed by atoms with van der Waals surface area (Å²) in [4.78, 5) is 22.8. The minimum atomic E-state index is -1.08. The molecule has 0 aromatic heterocycles. The minimum Gasteiger partial charge on any atom is -0.385 e. The summed E-state index contributed by atoms with van der Waals surface area (Å²) in [5.74, 6) is -0.271. The van der Waals surface area contributed by atoms with Crippen LogP contribution in [0.4, 0.5) is 0 Å². The molecule has 0 radical (unpaired) electrons. The number of benzene rings is 3. The summed E-state index contributed by atoms with van der Waals surface area (Å²) in [7, 11) is 0. The van der Waals surface area contributed by atoms with Gasteiger partial charge in [-0.2, -0.15) is 0 Å². The van der Waals surface area contributed by atoms with Gasteiger partial charge in [0, 0.05) is 11.1 Å².